The molecule has 140 valence electrons. The predicted molar refractivity (Wildman–Crippen MR) is 97.5 cm³/mol. The summed E-state index contributed by atoms with van der Waals surface area (Å²) < 4.78 is 15.7. The van der Waals surface area contributed by atoms with Crippen LogP contribution in [-0.2, 0) is 5.54 Å². The molecule has 0 saturated heterocycles. The molecule has 0 unspecified atom stereocenters. The first-order valence-electron chi connectivity index (χ1n) is 9.75. The van der Waals surface area contributed by atoms with E-state index in [1.54, 1.807) is 22.9 Å². The van der Waals surface area contributed by atoms with Gasteiger partial charge in [0, 0.05) is 12.3 Å². The second kappa shape index (κ2) is 7.22. The van der Waals surface area contributed by atoms with Crippen molar-refractivity contribution >= 4 is 5.78 Å². The van der Waals surface area contributed by atoms with Gasteiger partial charge in [-0.05, 0) is 43.7 Å². The summed E-state index contributed by atoms with van der Waals surface area (Å²) >= 11 is 0. The van der Waals surface area contributed by atoms with E-state index in [1.807, 2.05) is 6.20 Å². The number of ketones is 1. The van der Waals surface area contributed by atoms with E-state index in [1.165, 1.54) is 12.5 Å². The molecule has 1 atom stereocenters. The quantitative estimate of drug-likeness (QED) is 0.712. The lowest BCUT2D eigenvalue weighted by Gasteiger charge is -2.28. The fourth-order valence-electron chi connectivity index (χ4n) is 4.21. The molecule has 0 amide bonds. The Morgan fingerprint density at radius 2 is 2.04 bits per heavy atom. The van der Waals surface area contributed by atoms with E-state index < -0.39 is 11.4 Å². The lowest BCUT2D eigenvalue weighted by Crippen LogP contribution is -2.20. The molecule has 2 aliphatic carbocycles. The van der Waals surface area contributed by atoms with Crippen molar-refractivity contribution in [2.75, 3.05) is 0 Å². The molecular formula is C21H23FN4O. The molecule has 4 rings (SSSR count). The molecule has 5 nitrogen and oxygen atoms in total. The van der Waals surface area contributed by atoms with Gasteiger partial charge in [-0.3, -0.25) is 4.79 Å². The van der Waals surface area contributed by atoms with Crippen LogP contribution in [-0.4, -0.2) is 20.8 Å². The first kappa shape index (κ1) is 17.8. The third-order valence-corrected chi connectivity index (χ3v) is 6.06. The molecule has 1 heterocycles. The number of hydrogen-bond donors (Lipinski definition) is 0. The summed E-state index contributed by atoms with van der Waals surface area (Å²) in [5.74, 6) is -0.410. The third kappa shape index (κ3) is 3.51. The van der Waals surface area contributed by atoms with Gasteiger partial charge in [0.15, 0.2) is 11.3 Å². The lowest BCUT2D eigenvalue weighted by molar-refractivity contribution is 0.0953. The number of hydrogen-bond acceptors (Lipinski definition) is 4. The summed E-state index contributed by atoms with van der Waals surface area (Å²) in [5.41, 5.74) is 0.340. The SMILES string of the molecule is N#CC1(n2cc([C@@H](CC(=O)c3ccccc3F)C3CCCCC3)nn2)CC1. The lowest BCUT2D eigenvalue weighted by atomic mass is 9.76. The Kier molecular flexibility index (Phi) is 4.77. The Morgan fingerprint density at radius 3 is 2.70 bits per heavy atom. The van der Waals surface area contributed by atoms with Gasteiger partial charge < -0.3 is 0 Å². The van der Waals surface area contributed by atoms with Crippen LogP contribution in [0.15, 0.2) is 30.5 Å². The molecule has 0 bridgehead atoms. The van der Waals surface area contributed by atoms with Crippen LogP contribution in [0, 0.1) is 23.1 Å². The Morgan fingerprint density at radius 1 is 1.30 bits per heavy atom. The van der Waals surface area contributed by atoms with E-state index in [0.717, 1.165) is 44.2 Å². The van der Waals surface area contributed by atoms with Crippen molar-refractivity contribution in [3.05, 3.63) is 47.5 Å². The maximum Gasteiger partial charge on any atom is 0.166 e. The predicted octanol–water partition coefficient (Wildman–Crippen LogP) is 4.37. The van der Waals surface area contributed by atoms with Crippen LogP contribution in [0.3, 0.4) is 0 Å². The Balaban J connectivity index is 1.61. The van der Waals surface area contributed by atoms with Gasteiger partial charge in [-0.25, -0.2) is 9.07 Å². The first-order chi connectivity index (χ1) is 13.1. The van der Waals surface area contributed by atoms with Gasteiger partial charge in [0.05, 0.1) is 23.5 Å². The maximum absolute atomic E-state index is 14.1. The first-order valence-corrected chi connectivity index (χ1v) is 9.75. The zero-order valence-corrected chi connectivity index (χ0v) is 15.3. The summed E-state index contributed by atoms with van der Waals surface area (Å²) in [6, 6.07) is 8.46. The highest BCUT2D eigenvalue weighted by molar-refractivity contribution is 5.96. The zero-order valence-electron chi connectivity index (χ0n) is 15.3. The van der Waals surface area contributed by atoms with E-state index in [2.05, 4.69) is 16.4 Å². The van der Waals surface area contributed by atoms with Gasteiger partial charge in [0.2, 0.25) is 0 Å². The summed E-state index contributed by atoms with van der Waals surface area (Å²) in [6.07, 6.45) is 9.24. The van der Waals surface area contributed by atoms with Gasteiger partial charge in [-0.2, -0.15) is 5.26 Å². The van der Waals surface area contributed by atoms with Gasteiger partial charge in [0.25, 0.3) is 0 Å². The summed E-state index contributed by atoms with van der Waals surface area (Å²) in [7, 11) is 0. The second-order valence-electron chi connectivity index (χ2n) is 7.84. The molecule has 1 aromatic carbocycles. The highest BCUT2D eigenvalue weighted by Gasteiger charge is 2.47. The molecule has 27 heavy (non-hydrogen) atoms. The highest BCUT2D eigenvalue weighted by atomic mass is 19.1. The normalized spacial score (nSPS) is 20.0. The van der Waals surface area contributed by atoms with E-state index in [-0.39, 0.29) is 23.7 Å². The Hall–Kier alpha value is -2.55. The molecule has 2 aliphatic rings. The zero-order chi connectivity index (χ0) is 18.9. The van der Waals surface area contributed by atoms with Gasteiger partial charge in [0.1, 0.15) is 5.82 Å². The fourth-order valence-corrected chi connectivity index (χ4v) is 4.21. The van der Waals surface area contributed by atoms with Gasteiger partial charge in [-0.1, -0.05) is 36.6 Å². The number of benzene rings is 1. The van der Waals surface area contributed by atoms with Crippen molar-refractivity contribution in [2.45, 2.75) is 62.8 Å². The summed E-state index contributed by atoms with van der Waals surface area (Å²) in [5, 5.41) is 17.9. The molecule has 1 aromatic heterocycles. The number of nitrogens with zero attached hydrogens (tertiary/aromatic N) is 4. The fraction of sp³-hybridized carbons (Fsp3) is 0.524. The van der Waals surface area contributed by atoms with Crippen molar-refractivity contribution in [1.29, 1.82) is 5.26 Å². The minimum atomic E-state index is -0.558. The van der Waals surface area contributed by atoms with Crippen molar-refractivity contribution in [1.82, 2.24) is 15.0 Å². The molecule has 0 spiro atoms. The van der Waals surface area contributed by atoms with E-state index in [0.29, 0.717) is 5.92 Å². The number of rotatable bonds is 6. The number of carbonyl (C=O) groups excluding carboxylic acids is 1. The van der Waals surface area contributed by atoms with E-state index in [9.17, 15) is 14.4 Å². The largest absolute Gasteiger partial charge is 0.294 e. The van der Waals surface area contributed by atoms with Crippen molar-refractivity contribution in [3.8, 4) is 6.07 Å². The summed E-state index contributed by atoms with van der Waals surface area (Å²) in [4.78, 5) is 12.8. The average molecular weight is 366 g/mol. The van der Waals surface area contributed by atoms with Crippen LogP contribution in [0.25, 0.3) is 0 Å². The Labute approximate surface area is 158 Å². The van der Waals surface area contributed by atoms with Crippen molar-refractivity contribution in [3.63, 3.8) is 0 Å². The standard InChI is InChI=1S/C21H23FN4O/c22-18-9-5-4-8-16(18)20(27)12-17(15-6-2-1-3-7-15)19-13-26(25-24-19)21(14-23)10-11-21/h4-5,8-9,13,15,17H,1-3,6-7,10-12H2/t17-/m0/s1. The molecular weight excluding hydrogens is 343 g/mol. The third-order valence-electron chi connectivity index (χ3n) is 6.06. The number of aromatic nitrogens is 3. The van der Waals surface area contributed by atoms with E-state index >= 15 is 0 Å². The van der Waals surface area contributed by atoms with Crippen LogP contribution in [0.5, 0.6) is 0 Å². The van der Waals surface area contributed by atoms with Crippen LogP contribution in [0.1, 0.15) is 73.3 Å². The van der Waals surface area contributed by atoms with Crippen LogP contribution < -0.4 is 0 Å². The minimum absolute atomic E-state index is 0.0827. The molecule has 2 fully saturated rings. The van der Waals surface area contributed by atoms with Crippen molar-refractivity contribution in [2.24, 2.45) is 5.92 Å². The van der Waals surface area contributed by atoms with Crippen molar-refractivity contribution < 1.29 is 9.18 Å². The Bertz CT molecular complexity index is 874. The van der Waals surface area contributed by atoms with Crippen LogP contribution >= 0.6 is 0 Å². The summed E-state index contributed by atoms with van der Waals surface area (Å²) in [6.45, 7) is 0. The molecule has 2 aromatic rings. The maximum atomic E-state index is 14.1. The van der Waals surface area contributed by atoms with Crippen LogP contribution in [0.4, 0.5) is 4.39 Å². The smallest absolute Gasteiger partial charge is 0.166 e. The van der Waals surface area contributed by atoms with Gasteiger partial charge >= 0.3 is 0 Å². The van der Waals surface area contributed by atoms with Crippen LogP contribution in [0.2, 0.25) is 0 Å². The number of halogens is 1. The molecule has 0 aliphatic heterocycles. The molecule has 6 heteroatoms. The number of nitriles is 1. The molecule has 2 saturated carbocycles. The highest BCUT2D eigenvalue weighted by Crippen LogP contribution is 2.43. The average Bonchev–Trinajstić information content (AvgIpc) is 3.35. The van der Waals surface area contributed by atoms with E-state index in [4.69, 9.17) is 0 Å². The minimum Gasteiger partial charge on any atom is -0.294 e. The second-order valence-corrected chi connectivity index (χ2v) is 7.84. The van der Waals surface area contributed by atoms with Gasteiger partial charge in [-0.15, -0.1) is 5.10 Å². The topological polar surface area (TPSA) is 71.6 Å². The monoisotopic (exact) mass is 366 g/mol. The number of carbonyl (C=O) groups is 1. The molecule has 0 radical (unpaired) electrons. The number of Topliss-reactive ketones (excluding diaryl/α,β-unsaturated/α-hetero) is 1. The molecule has 0 N–H and O–H groups in total.